The SMILES string of the molecule is O=C(COc1ccccc1)N1CCC2(CC1)SCCN2C(=O)c1ccccc1. The third kappa shape index (κ3) is 3.87. The van der Waals surface area contributed by atoms with Crippen molar-refractivity contribution in [2.24, 2.45) is 0 Å². The van der Waals surface area contributed by atoms with Crippen LogP contribution in [0.4, 0.5) is 0 Å². The molecule has 2 fully saturated rings. The highest BCUT2D eigenvalue weighted by Crippen LogP contribution is 2.44. The molecule has 0 bridgehead atoms. The van der Waals surface area contributed by atoms with E-state index in [1.165, 1.54) is 0 Å². The first-order chi connectivity index (χ1) is 13.7. The number of ether oxygens (including phenoxy) is 1. The van der Waals surface area contributed by atoms with Gasteiger partial charge in [0.25, 0.3) is 11.8 Å². The Hall–Kier alpha value is -2.47. The van der Waals surface area contributed by atoms with Gasteiger partial charge in [-0.25, -0.2) is 0 Å². The molecule has 2 aliphatic heterocycles. The molecule has 0 saturated carbocycles. The van der Waals surface area contributed by atoms with Crippen molar-refractivity contribution >= 4 is 23.6 Å². The van der Waals surface area contributed by atoms with Gasteiger partial charge < -0.3 is 14.5 Å². The van der Waals surface area contributed by atoms with Crippen molar-refractivity contribution in [3.63, 3.8) is 0 Å². The van der Waals surface area contributed by atoms with Gasteiger partial charge in [-0.05, 0) is 37.1 Å². The Kier molecular flexibility index (Phi) is 5.57. The Labute approximate surface area is 169 Å². The second kappa shape index (κ2) is 8.27. The molecule has 0 unspecified atom stereocenters. The summed E-state index contributed by atoms with van der Waals surface area (Å²) in [7, 11) is 0. The van der Waals surface area contributed by atoms with E-state index in [-0.39, 0.29) is 23.3 Å². The second-order valence-electron chi connectivity index (χ2n) is 7.10. The van der Waals surface area contributed by atoms with Gasteiger partial charge >= 0.3 is 0 Å². The molecule has 2 saturated heterocycles. The van der Waals surface area contributed by atoms with E-state index in [1.807, 2.05) is 82.2 Å². The first kappa shape index (κ1) is 18.9. The first-order valence-corrected chi connectivity index (χ1v) is 10.6. The van der Waals surface area contributed by atoms with Gasteiger partial charge in [0, 0.05) is 31.0 Å². The molecule has 2 amide bonds. The van der Waals surface area contributed by atoms with E-state index in [0.717, 1.165) is 30.7 Å². The number of nitrogens with zero attached hydrogens (tertiary/aromatic N) is 2. The average molecular weight is 397 g/mol. The van der Waals surface area contributed by atoms with Crippen molar-refractivity contribution in [1.82, 2.24) is 9.80 Å². The first-order valence-electron chi connectivity index (χ1n) is 9.65. The number of thioether (sulfide) groups is 1. The number of rotatable bonds is 4. The highest BCUT2D eigenvalue weighted by atomic mass is 32.2. The highest BCUT2D eigenvalue weighted by molar-refractivity contribution is 8.00. The van der Waals surface area contributed by atoms with Gasteiger partial charge in [-0.3, -0.25) is 9.59 Å². The van der Waals surface area contributed by atoms with Crippen molar-refractivity contribution in [2.75, 3.05) is 32.0 Å². The molecule has 28 heavy (non-hydrogen) atoms. The van der Waals surface area contributed by atoms with Crippen LogP contribution >= 0.6 is 11.8 Å². The molecule has 5 nitrogen and oxygen atoms in total. The fourth-order valence-electron chi connectivity index (χ4n) is 3.90. The van der Waals surface area contributed by atoms with Gasteiger partial charge in [0.05, 0.1) is 4.87 Å². The van der Waals surface area contributed by atoms with Gasteiger partial charge in [-0.2, -0.15) is 0 Å². The largest absolute Gasteiger partial charge is 0.484 e. The number of likely N-dealkylation sites (tertiary alicyclic amines) is 1. The number of hydrogen-bond acceptors (Lipinski definition) is 4. The van der Waals surface area contributed by atoms with Crippen LogP contribution in [0, 0.1) is 0 Å². The maximum Gasteiger partial charge on any atom is 0.260 e. The Balaban J connectivity index is 1.36. The zero-order chi connectivity index (χ0) is 19.4. The van der Waals surface area contributed by atoms with Gasteiger partial charge in [0.1, 0.15) is 5.75 Å². The molecular weight excluding hydrogens is 372 g/mol. The van der Waals surface area contributed by atoms with Crippen LogP contribution in [0.3, 0.4) is 0 Å². The van der Waals surface area contributed by atoms with Crippen molar-refractivity contribution in [3.05, 3.63) is 66.2 Å². The molecule has 6 heteroatoms. The Bertz CT molecular complexity index is 820. The summed E-state index contributed by atoms with van der Waals surface area (Å²) in [5.74, 6) is 1.75. The number of benzene rings is 2. The van der Waals surface area contributed by atoms with Crippen LogP contribution in [0.15, 0.2) is 60.7 Å². The standard InChI is InChI=1S/C22H24N2O3S/c25-20(17-27-19-9-5-2-6-10-19)23-13-11-22(12-14-23)24(15-16-28-22)21(26)18-7-3-1-4-8-18/h1-10H,11-17H2. The van der Waals surface area contributed by atoms with Gasteiger partial charge in [0.2, 0.25) is 0 Å². The number of piperidine rings is 1. The monoisotopic (exact) mass is 396 g/mol. The van der Waals surface area contributed by atoms with E-state index >= 15 is 0 Å². The third-order valence-electron chi connectivity index (χ3n) is 5.45. The predicted molar refractivity (Wildman–Crippen MR) is 110 cm³/mol. The molecule has 2 aromatic rings. The fourth-order valence-corrected chi connectivity index (χ4v) is 5.36. The van der Waals surface area contributed by atoms with Gasteiger partial charge in [0.15, 0.2) is 6.61 Å². The molecule has 0 atom stereocenters. The molecule has 146 valence electrons. The molecule has 2 aliphatic rings. The fraction of sp³-hybridized carbons (Fsp3) is 0.364. The Morgan fingerprint density at radius 2 is 1.57 bits per heavy atom. The minimum atomic E-state index is -0.190. The van der Waals surface area contributed by atoms with Crippen molar-refractivity contribution in [2.45, 2.75) is 17.7 Å². The summed E-state index contributed by atoms with van der Waals surface area (Å²) < 4.78 is 5.59. The summed E-state index contributed by atoms with van der Waals surface area (Å²) in [6.07, 6.45) is 1.60. The zero-order valence-corrected chi connectivity index (χ0v) is 16.6. The molecule has 0 N–H and O–H groups in total. The lowest BCUT2D eigenvalue weighted by molar-refractivity contribution is -0.135. The van der Waals surface area contributed by atoms with E-state index < -0.39 is 0 Å². The smallest absolute Gasteiger partial charge is 0.260 e. The van der Waals surface area contributed by atoms with Gasteiger partial charge in [-0.15, -0.1) is 11.8 Å². The molecular formula is C22H24N2O3S. The quantitative estimate of drug-likeness (QED) is 0.796. The maximum absolute atomic E-state index is 13.0. The second-order valence-corrected chi connectivity index (χ2v) is 8.56. The summed E-state index contributed by atoms with van der Waals surface area (Å²) in [6, 6.07) is 18.9. The lowest BCUT2D eigenvalue weighted by Gasteiger charge is -2.44. The highest BCUT2D eigenvalue weighted by Gasteiger charge is 2.47. The lowest BCUT2D eigenvalue weighted by atomic mass is 10.0. The van der Waals surface area contributed by atoms with Crippen LogP contribution in [0.25, 0.3) is 0 Å². The van der Waals surface area contributed by atoms with Crippen LogP contribution in [-0.2, 0) is 4.79 Å². The minimum absolute atomic E-state index is 0.00244. The third-order valence-corrected chi connectivity index (χ3v) is 7.00. The summed E-state index contributed by atoms with van der Waals surface area (Å²) in [5, 5.41) is 0. The molecule has 1 spiro atoms. The molecule has 0 radical (unpaired) electrons. The van der Waals surface area contributed by atoms with Crippen LogP contribution < -0.4 is 4.74 Å². The van der Waals surface area contributed by atoms with E-state index in [0.29, 0.717) is 18.8 Å². The van der Waals surface area contributed by atoms with Crippen LogP contribution in [0.1, 0.15) is 23.2 Å². The van der Waals surface area contributed by atoms with Crippen LogP contribution in [0.2, 0.25) is 0 Å². The summed E-state index contributed by atoms with van der Waals surface area (Å²) >= 11 is 1.86. The number of carbonyl (C=O) groups excluding carboxylic acids is 2. The van der Waals surface area contributed by atoms with Crippen molar-refractivity contribution < 1.29 is 14.3 Å². The number of hydrogen-bond donors (Lipinski definition) is 0. The van der Waals surface area contributed by atoms with Gasteiger partial charge in [-0.1, -0.05) is 36.4 Å². The van der Waals surface area contributed by atoms with Crippen molar-refractivity contribution in [3.8, 4) is 5.75 Å². The Morgan fingerprint density at radius 3 is 2.25 bits per heavy atom. The normalized spacial score (nSPS) is 18.3. The molecule has 4 rings (SSSR count). The number of amides is 2. The van der Waals surface area contributed by atoms with E-state index in [9.17, 15) is 9.59 Å². The summed E-state index contributed by atoms with van der Waals surface area (Å²) in [6.45, 7) is 2.13. The van der Waals surface area contributed by atoms with Crippen molar-refractivity contribution in [1.29, 1.82) is 0 Å². The number of para-hydroxylation sites is 1. The van der Waals surface area contributed by atoms with Crippen LogP contribution in [-0.4, -0.2) is 58.5 Å². The Morgan fingerprint density at radius 1 is 0.929 bits per heavy atom. The maximum atomic E-state index is 13.0. The summed E-state index contributed by atoms with van der Waals surface area (Å²) in [5.41, 5.74) is 0.735. The minimum Gasteiger partial charge on any atom is -0.484 e. The van der Waals surface area contributed by atoms with E-state index in [4.69, 9.17) is 4.74 Å². The van der Waals surface area contributed by atoms with Crippen LogP contribution in [0.5, 0.6) is 5.75 Å². The lowest BCUT2D eigenvalue weighted by Crippen LogP contribution is -2.54. The average Bonchev–Trinajstić information content (AvgIpc) is 3.16. The molecule has 2 aromatic carbocycles. The molecule has 0 aromatic heterocycles. The molecule has 2 heterocycles. The molecule has 0 aliphatic carbocycles. The van der Waals surface area contributed by atoms with E-state index in [2.05, 4.69) is 0 Å². The topological polar surface area (TPSA) is 49.9 Å². The zero-order valence-electron chi connectivity index (χ0n) is 15.8. The number of carbonyl (C=O) groups is 2. The van der Waals surface area contributed by atoms with E-state index in [1.54, 1.807) is 0 Å². The summed E-state index contributed by atoms with van der Waals surface area (Å²) in [4.78, 5) is 29.2. The predicted octanol–water partition coefficient (Wildman–Crippen LogP) is 3.27.